The summed E-state index contributed by atoms with van der Waals surface area (Å²) in [6.45, 7) is 6.52. The highest BCUT2D eigenvalue weighted by atomic mass is 79.9. The minimum Gasteiger partial charge on any atom is -0.392 e. The molecule has 1 unspecified atom stereocenters. The SMILES string of the molecule is CC(O)C(C)(C)NCc1ccc(Br)c(Br)c1. The van der Waals surface area contributed by atoms with Gasteiger partial charge in [0.1, 0.15) is 0 Å². The van der Waals surface area contributed by atoms with E-state index in [-0.39, 0.29) is 11.6 Å². The van der Waals surface area contributed by atoms with Gasteiger partial charge in [-0.05, 0) is 70.3 Å². The Bertz CT molecular complexity index is 364. The molecule has 0 bridgehead atoms. The van der Waals surface area contributed by atoms with Crippen molar-refractivity contribution in [3.63, 3.8) is 0 Å². The molecule has 0 aliphatic carbocycles. The van der Waals surface area contributed by atoms with Gasteiger partial charge < -0.3 is 10.4 Å². The zero-order chi connectivity index (χ0) is 12.3. The molecule has 2 N–H and O–H groups in total. The van der Waals surface area contributed by atoms with E-state index in [0.717, 1.165) is 15.5 Å². The van der Waals surface area contributed by atoms with E-state index in [4.69, 9.17) is 0 Å². The molecule has 0 heterocycles. The number of halogens is 2. The van der Waals surface area contributed by atoms with Crippen molar-refractivity contribution in [2.45, 2.75) is 39.0 Å². The van der Waals surface area contributed by atoms with Gasteiger partial charge in [-0.25, -0.2) is 0 Å². The maximum absolute atomic E-state index is 9.58. The molecule has 4 heteroatoms. The Labute approximate surface area is 114 Å². The largest absolute Gasteiger partial charge is 0.392 e. The van der Waals surface area contributed by atoms with Crippen molar-refractivity contribution < 1.29 is 5.11 Å². The normalized spacial score (nSPS) is 13.9. The van der Waals surface area contributed by atoms with Gasteiger partial charge in [0.15, 0.2) is 0 Å². The summed E-state index contributed by atoms with van der Waals surface area (Å²) in [5.74, 6) is 0. The van der Waals surface area contributed by atoms with Crippen LogP contribution in [0.2, 0.25) is 0 Å². The van der Waals surface area contributed by atoms with Gasteiger partial charge in [0.25, 0.3) is 0 Å². The molecule has 90 valence electrons. The molecule has 0 fully saturated rings. The molecule has 16 heavy (non-hydrogen) atoms. The highest BCUT2D eigenvalue weighted by molar-refractivity contribution is 9.13. The summed E-state index contributed by atoms with van der Waals surface area (Å²) in [6.07, 6.45) is -0.383. The van der Waals surface area contributed by atoms with E-state index in [1.165, 1.54) is 5.56 Å². The van der Waals surface area contributed by atoms with Crippen LogP contribution in [0.1, 0.15) is 26.3 Å². The monoisotopic (exact) mass is 349 g/mol. The van der Waals surface area contributed by atoms with Crippen molar-refractivity contribution in [3.8, 4) is 0 Å². The fourth-order valence-electron chi connectivity index (χ4n) is 1.13. The molecule has 1 aromatic carbocycles. The van der Waals surface area contributed by atoms with Crippen molar-refractivity contribution in [2.24, 2.45) is 0 Å². The highest BCUT2D eigenvalue weighted by Crippen LogP contribution is 2.24. The Morgan fingerprint density at radius 2 is 1.94 bits per heavy atom. The summed E-state index contributed by atoms with van der Waals surface area (Å²) < 4.78 is 2.09. The zero-order valence-electron chi connectivity index (χ0n) is 9.72. The number of benzene rings is 1. The second kappa shape index (κ2) is 5.63. The van der Waals surface area contributed by atoms with Crippen LogP contribution >= 0.6 is 31.9 Å². The van der Waals surface area contributed by atoms with E-state index in [0.29, 0.717) is 0 Å². The van der Waals surface area contributed by atoms with Crippen LogP contribution in [0, 0.1) is 0 Å². The first kappa shape index (κ1) is 14.2. The Hall–Kier alpha value is 0.1000. The minimum absolute atomic E-state index is 0.278. The zero-order valence-corrected chi connectivity index (χ0v) is 12.9. The van der Waals surface area contributed by atoms with Gasteiger partial charge in [0.2, 0.25) is 0 Å². The predicted molar refractivity (Wildman–Crippen MR) is 74.4 cm³/mol. The van der Waals surface area contributed by atoms with E-state index in [9.17, 15) is 5.11 Å². The fraction of sp³-hybridized carbons (Fsp3) is 0.500. The summed E-state index contributed by atoms with van der Waals surface area (Å²) in [7, 11) is 0. The number of aliphatic hydroxyl groups is 1. The van der Waals surface area contributed by atoms with E-state index in [2.05, 4.69) is 49.3 Å². The van der Waals surface area contributed by atoms with Gasteiger partial charge in [0, 0.05) is 21.0 Å². The average molecular weight is 351 g/mol. The summed E-state index contributed by atoms with van der Waals surface area (Å²) in [4.78, 5) is 0. The van der Waals surface area contributed by atoms with Gasteiger partial charge >= 0.3 is 0 Å². The van der Waals surface area contributed by atoms with Crippen molar-refractivity contribution in [2.75, 3.05) is 0 Å². The lowest BCUT2D eigenvalue weighted by Gasteiger charge is -2.29. The summed E-state index contributed by atoms with van der Waals surface area (Å²) >= 11 is 6.91. The summed E-state index contributed by atoms with van der Waals surface area (Å²) in [6, 6.07) is 6.13. The number of hydrogen-bond acceptors (Lipinski definition) is 2. The lowest BCUT2D eigenvalue weighted by atomic mass is 9.98. The first-order chi connectivity index (χ1) is 7.33. The van der Waals surface area contributed by atoms with Crippen LogP contribution in [0.25, 0.3) is 0 Å². The Morgan fingerprint density at radius 1 is 1.31 bits per heavy atom. The standard InChI is InChI=1S/C12H17Br2NO/c1-8(16)12(2,3)15-7-9-4-5-10(13)11(14)6-9/h4-6,8,15-16H,7H2,1-3H3. The molecule has 0 saturated carbocycles. The molecule has 2 nitrogen and oxygen atoms in total. The van der Waals surface area contributed by atoms with E-state index < -0.39 is 0 Å². The molecule has 1 atom stereocenters. The molecule has 0 aromatic heterocycles. The van der Waals surface area contributed by atoms with Crippen molar-refractivity contribution >= 4 is 31.9 Å². The molecule has 0 aliphatic heterocycles. The Balaban J connectivity index is 2.65. The quantitative estimate of drug-likeness (QED) is 0.871. The van der Waals surface area contributed by atoms with Gasteiger partial charge in [0.05, 0.1) is 6.10 Å². The third-order valence-electron chi connectivity index (χ3n) is 2.78. The van der Waals surface area contributed by atoms with E-state index in [1.54, 1.807) is 6.92 Å². The van der Waals surface area contributed by atoms with Gasteiger partial charge in [-0.3, -0.25) is 0 Å². The van der Waals surface area contributed by atoms with Crippen LogP contribution in [0.5, 0.6) is 0 Å². The lowest BCUT2D eigenvalue weighted by molar-refractivity contribution is 0.0956. The van der Waals surface area contributed by atoms with Crippen LogP contribution in [0.15, 0.2) is 27.1 Å². The van der Waals surface area contributed by atoms with Crippen LogP contribution in [-0.4, -0.2) is 16.7 Å². The van der Waals surface area contributed by atoms with Crippen LogP contribution in [0.4, 0.5) is 0 Å². The third kappa shape index (κ3) is 3.84. The molecule has 0 aliphatic rings. The van der Waals surface area contributed by atoms with E-state index in [1.807, 2.05) is 19.9 Å². The number of hydrogen-bond donors (Lipinski definition) is 2. The first-order valence-electron chi connectivity index (χ1n) is 5.20. The van der Waals surface area contributed by atoms with E-state index >= 15 is 0 Å². The highest BCUT2D eigenvalue weighted by Gasteiger charge is 2.22. The maximum Gasteiger partial charge on any atom is 0.0688 e. The number of aliphatic hydroxyl groups excluding tert-OH is 1. The fourth-order valence-corrected chi connectivity index (χ4v) is 1.80. The van der Waals surface area contributed by atoms with Crippen LogP contribution in [0.3, 0.4) is 0 Å². The first-order valence-corrected chi connectivity index (χ1v) is 6.78. The topological polar surface area (TPSA) is 32.3 Å². The number of nitrogens with one attached hydrogen (secondary N) is 1. The lowest BCUT2D eigenvalue weighted by Crippen LogP contribution is -2.47. The maximum atomic E-state index is 9.58. The predicted octanol–water partition coefficient (Wildman–Crippen LogP) is 3.46. The van der Waals surface area contributed by atoms with Gasteiger partial charge in [-0.2, -0.15) is 0 Å². The smallest absolute Gasteiger partial charge is 0.0688 e. The van der Waals surface area contributed by atoms with Gasteiger partial charge in [-0.15, -0.1) is 0 Å². The molecular weight excluding hydrogens is 334 g/mol. The van der Waals surface area contributed by atoms with Crippen molar-refractivity contribution in [1.82, 2.24) is 5.32 Å². The Morgan fingerprint density at radius 3 is 2.44 bits per heavy atom. The molecule has 0 spiro atoms. The van der Waals surface area contributed by atoms with Crippen molar-refractivity contribution in [1.29, 1.82) is 0 Å². The molecule has 0 saturated heterocycles. The average Bonchev–Trinajstić information content (AvgIpc) is 2.20. The van der Waals surface area contributed by atoms with Crippen molar-refractivity contribution in [3.05, 3.63) is 32.7 Å². The Kier molecular flexibility index (Phi) is 4.98. The summed E-state index contributed by atoms with van der Waals surface area (Å²) in [5.41, 5.74) is 0.906. The van der Waals surface area contributed by atoms with Crippen LogP contribution < -0.4 is 5.32 Å². The second-order valence-electron chi connectivity index (χ2n) is 4.50. The number of rotatable bonds is 4. The molecule has 1 aromatic rings. The van der Waals surface area contributed by atoms with Crippen LogP contribution in [-0.2, 0) is 6.54 Å². The molecule has 0 amide bonds. The van der Waals surface area contributed by atoms with Gasteiger partial charge in [-0.1, -0.05) is 6.07 Å². The molecular formula is C12H17Br2NO. The third-order valence-corrected chi connectivity index (χ3v) is 4.66. The summed E-state index contributed by atoms with van der Waals surface area (Å²) in [5, 5.41) is 12.9. The molecule has 1 rings (SSSR count). The molecule has 0 radical (unpaired) electrons. The second-order valence-corrected chi connectivity index (χ2v) is 6.21. The minimum atomic E-state index is -0.383.